The van der Waals surface area contributed by atoms with Gasteiger partial charge in [0.25, 0.3) is 0 Å². The largest absolute Gasteiger partial charge is 0.350 e. The SMILES string of the molecule is CC(C)(N)CC(=O)N[C@H](CCCc1ccccc1)C(=O)NCc1ccc(-c2ccccc2-c2nnn[nH]2)cc1. The van der Waals surface area contributed by atoms with Crippen LogP contribution in [0.2, 0.25) is 0 Å². The topological polar surface area (TPSA) is 139 Å². The zero-order chi connectivity index (χ0) is 27.7. The van der Waals surface area contributed by atoms with Gasteiger partial charge < -0.3 is 16.4 Å². The van der Waals surface area contributed by atoms with Gasteiger partial charge in [0.05, 0.1) is 0 Å². The van der Waals surface area contributed by atoms with Crippen LogP contribution in [0.4, 0.5) is 0 Å². The van der Waals surface area contributed by atoms with E-state index in [1.165, 1.54) is 5.56 Å². The third kappa shape index (κ3) is 8.31. The summed E-state index contributed by atoms with van der Waals surface area (Å²) in [5.41, 5.74) is 10.4. The van der Waals surface area contributed by atoms with Gasteiger partial charge in [0.1, 0.15) is 6.04 Å². The Kier molecular flexibility index (Phi) is 9.17. The number of benzene rings is 3. The molecule has 4 aromatic rings. The van der Waals surface area contributed by atoms with Gasteiger partial charge in [-0.1, -0.05) is 78.9 Å². The van der Waals surface area contributed by atoms with Crippen molar-refractivity contribution in [2.24, 2.45) is 5.73 Å². The van der Waals surface area contributed by atoms with Crippen LogP contribution >= 0.6 is 0 Å². The van der Waals surface area contributed by atoms with E-state index in [2.05, 4.69) is 43.4 Å². The third-order valence-corrected chi connectivity index (χ3v) is 6.33. The van der Waals surface area contributed by atoms with Crippen LogP contribution in [0, 0.1) is 0 Å². The second kappa shape index (κ2) is 12.9. The number of amides is 2. The number of hydrogen-bond donors (Lipinski definition) is 4. The maximum Gasteiger partial charge on any atom is 0.242 e. The van der Waals surface area contributed by atoms with Crippen molar-refractivity contribution in [3.8, 4) is 22.5 Å². The third-order valence-electron chi connectivity index (χ3n) is 6.33. The summed E-state index contributed by atoms with van der Waals surface area (Å²) < 4.78 is 0. The fraction of sp³-hybridized carbons (Fsp3) is 0.300. The summed E-state index contributed by atoms with van der Waals surface area (Å²) in [4.78, 5) is 25.7. The maximum atomic E-state index is 13.1. The maximum absolute atomic E-state index is 13.1. The van der Waals surface area contributed by atoms with Gasteiger partial charge in [-0.05, 0) is 65.8 Å². The highest BCUT2D eigenvalue weighted by atomic mass is 16.2. The molecule has 0 radical (unpaired) electrons. The minimum Gasteiger partial charge on any atom is -0.350 e. The molecule has 0 aliphatic rings. The molecule has 0 unspecified atom stereocenters. The summed E-state index contributed by atoms with van der Waals surface area (Å²) in [6.07, 6.45) is 2.27. The number of aryl methyl sites for hydroxylation is 1. The highest BCUT2D eigenvalue weighted by Crippen LogP contribution is 2.29. The number of nitrogens with two attached hydrogens (primary N) is 1. The highest BCUT2D eigenvalue weighted by molar-refractivity contribution is 5.88. The Morgan fingerprint density at radius 1 is 0.923 bits per heavy atom. The number of carbonyl (C=O) groups excluding carboxylic acids is 2. The molecule has 0 spiro atoms. The van der Waals surface area contributed by atoms with Gasteiger partial charge in [0.2, 0.25) is 11.8 Å². The van der Waals surface area contributed by atoms with Crippen molar-refractivity contribution in [1.29, 1.82) is 0 Å². The van der Waals surface area contributed by atoms with Crippen LogP contribution < -0.4 is 16.4 Å². The van der Waals surface area contributed by atoms with Crippen molar-refractivity contribution in [3.63, 3.8) is 0 Å². The summed E-state index contributed by atoms with van der Waals surface area (Å²) in [6.45, 7) is 3.93. The number of hydrogen-bond acceptors (Lipinski definition) is 6. The van der Waals surface area contributed by atoms with Crippen molar-refractivity contribution in [3.05, 3.63) is 90.0 Å². The standard InChI is InChI=1S/C30H35N7O2/c1-30(2,31)19-27(38)33-26(14-8-11-21-9-4-3-5-10-21)29(39)32-20-22-15-17-23(18-16-22)24-12-6-7-13-25(24)28-34-36-37-35-28/h3-7,9-10,12-13,15-18,26H,8,11,14,19-20,31H2,1-2H3,(H,32,39)(H,33,38)(H,34,35,36,37)/t26-/m1/s1. The Balaban J connectivity index is 1.38. The average Bonchev–Trinajstić information content (AvgIpc) is 3.46. The molecule has 0 fully saturated rings. The molecule has 0 saturated carbocycles. The molecule has 5 N–H and O–H groups in total. The van der Waals surface area contributed by atoms with Gasteiger partial charge in [-0.25, -0.2) is 5.10 Å². The highest BCUT2D eigenvalue weighted by Gasteiger charge is 2.23. The summed E-state index contributed by atoms with van der Waals surface area (Å²) in [7, 11) is 0. The first-order valence-corrected chi connectivity index (χ1v) is 13.1. The Morgan fingerprint density at radius 3 is 2.28 bits per heavy atom. The van der Waals surface area contributed by atoms with Crippen LogP contribution in [-0.4, -0.2) is 44.0 Å². The molecule has 0 aliphatic carbocycles. The van der Waals surface area contributed by atoms with Gasteiger partial charge in [0.15, 0.2) is 5.82 Å². The van der Waals surface area contributed by atoms with Crippen molar-refractivity contribution in [2.45, 2.75) is 57.7 Å². The van der Waals surface area contributed by atoms with E-state index in [-0.39, 0.29) is 18.2 Å². The monoisotopic (exact) mass is 525 g/mol. The lowest BCUT2D eigenvalue weighted by atomic mass is 9.98. The fourth-order valence-electron chi connectivity index (χ4n) is 4.41. The van der Waals surface area contributed by atoms with E-state index in [1.807, 2.05) is 66.7 Å². The second-order valence-electron chi connectivity index (χ2n) is 10.4. The van der Waals surface area contributed by atoms with E-state index >= 15 is 0 Å². The van der Waals surface area contributed by atoms with Crippen molar-refractivity contribution < 1.29 is 9.59 Å². The molecular weight excluding hydrogens is 490 g/mol. The Labute approximate surface area is 228 Å². The Morgan fingerprint density at radius 2 is 1.62 bits per heavy atom. The van der Waals surface area contributed by atoms with Gasteiger partial charge in [-0.3, -0.25) is 9.59 Å². The molecule has 0 saturated heterocycles. The summed E-state index contributed by atoms with van der Waals surface area (Å²) in [6, 6.07) is 25.3. The van der Waals surface area contributed by atoms with Gasteiger partial charge in [-0.2, -0.15) is 0 Å². The fourth-order valence-corrected chi connectivity index (χ4v) is 4.41. The second-order valence-corrected chi connectivity index (χ2v) is 10.4. The molecule has 4 rings (SSSR count). The molecular formula is C30H35N7O2. The normalized spacial score (nSPS) is 12.1. The number of H-pyrrole nitrogens is 1. The molecule has 202 valence electrons. The number of aromatic nitrogens is 4. The average molecular weight is 526 g/mol. The molecule has 9 nitrogen and oxygen atoms in total. The molecule has 9 heteroatoms. The van der Waals surface area contributed by atoms with Crippen molar-refractivity contribution in [1.82, 2.24) is 31.3 Å². The summed E-state index contributed by atoms with van der Waals surface area (Å²) in [5, 5.41) is 20.1. The molecule has 2 amide bonds. The van der Waals surface area contributed by atoms with E-state index in [4.69, 9.17) is 5.73 Å². The lowest BCUT2D eigenvalue weighted by Crippen LogP contribution is -2.49. The molecule has 39 heavy (non-hydrogen) atoms. The zero-order valence-electron chi connectivity index (χ0n) is 22.4. The Hall–Kier alpha value is -4.37. The first kappa shape index (κ1) is 27.7. The lowest BCUT2D eigenvalue weighted by molar-refractivity contribution is -0.129. The molecule has 1 heterocycles. The number of aromatic amines is 1. The van der Waals surface area contributed by atoms with Gasteiger partial charge in [-0.15, -0.1) is 5.10 Å². The smallest absolute Gasteiger partial charge is 0.242 e. The first-order chi connectivity index (χ1) is 18.8. The van der Waals surface area contributed by atoms with Crippen LogP contribution in [0.3, 0.4) is 0 Å². The lowest BCUT2D eigenvalue weighted by Gasteiger charge is -2.22. The summed E-state index contributed by atoms with van der Waals surface area (Å²) in [5.74, 6) is 0.158. The summed E-state index contributed by atoms with van der Waals surface area (Å²) >= 11 is 0. The number of carbonyl (C=O) groups is 2. The number of nitrogens with one attached hydrogen (secondary N) is 3. The predicted octanol–water partition coefficient (Wildman–Crippen LogP) is 3.79. The molecule has 1 aromatic heterocycles. The van der Waals surface area contributed by atoms with E-state index in [0.29, 0.717) is 18.8 Å². The van der Waals surface area contributed by atoms with Gasteiger partial charge in [0, 0.05) is 24.1 Å². The number of rotatable bonds is 12. The van der Waals surface area contributed by atoms with E-state index in [0.717, 1.165) is 35.1 Å². The van der Waals surface area contributed by atoms with E-state index in [1.54, 1.807) is 13.8 Å². The van der Waals surface area contributed by atoms with E-state index in [9.17, 15) is 9.59 Å². The van der Waals surface area contributed by atoms with Crippen molar-refractivity contribution in [2.75, 3.05) is 0 Å². The van der Waals surface area contributed by atoms with Crippen LogP contribution in [0.5, 0.6) is 0 Å². The molecule has 3 aromatic carbocycles. The number of tetrazole rings is 1. The molecule has 0 aliphatic heterocycles. The predicted molar refractivity (Wildman–Crippen MR) is 151 cm³/mol. The zero-order valence-corrected chi connectivity index (χ0v) is 22.4. The quantitative estimate of drug-likeness (QED) is 0.222. The van der Waals surface area contributed by atoms with Crippen LogP contribution in [0.1, 0.15) is 44.2 Å². The van der Waals surface area contributed by atoms with Crippen LogP contribution in [-0.2, 0) is 22.6 Å². The van der Waals surface area contributed by atoms with Crippen LogP contribution in [0.25, 0.3) is 22.5 Å². The molecule has 1 atom stereocenters. The van der Waals surface area contributed by atoms with Gasteiger partial charge >= 0.3 is 0 Å². The number of nitrogens with zero attached hydrogens (tertiary/aromatic N) is 3. The minimum absolute atomic E-state index is 0.141. The first-order valence-electron chi connectivity index (χ1n) is 13.1. The van der Waals surface area contributed by atoms with Crippen molar-refractivity contribution >= 4 is 11.8 Å². The van der Waals surface area contributed by atoms with Crippen LogP contribution in [0.15, 0.2) is 78.9 Å². The van der Waals surface area contributed by atoms with E-state index < -0.39 is 11.6 Å². The minimum atomic E-state index is -0.653. The Bertz CT molecular complexity index is 1350. The molecule has 0 bridgehead atoms.